The molecule has 0 fully saturated rings. The molecule has 1 aliphatic heterocycles. The van der Waals surface area contributed by atoms with Crippen LogP contribution in [-0.4, -0.2) is 43.5 Å². The highest BCUT2D eigenvalue weighted by Crippen LogP contribution is 2.43. The maximum atomic E-state index is 13.4. The molecular formula is C26H22F8N2O3. The average Bonchev–Trinajstić information content (AvgIpc) is 2.83. The largest absolute Gasteiger partial charge is 0.573 e. The monoisotopic (exact) mass is 562 g/mol. The van der Waals surface area contributed by atoms with Crippen LogP contribution in [0.25, 0.3) is 0 Å². The number of nitrogens with zero attached hydrogens (tertiary/aromatic N) is 2. The topological polar surface area (TPSA) is 45.2 Å². The Labute approximate surface area is 217 Å². The zero-order chi connectivity index (χ0) is 28.4. The van der Waals surface area contributed by atoms with Gasteiger partial charge in [0.1, 0.15) is 11.5 Å². The van der Waals surface area contributed by atoms with E-state index in [1.807, 2.05) is 0 Å². The van der Waals surface area contributed by atoms with Crippen molar-refractivity contribution in [3.63, 3.8) is 0 Å². The van der Waals surface area contributed by atoms with Crippen LogP contribution >= 0.6 is 0 Å². The maximum Gasteiger partial charge on any atom is 0.573 e. The molecule has 3 aromatic carbocycles. The molecule has 1 N–H and O–H groups in total. The first-order valence-corrected chi connectivity index (χ1v) is 11.5. The predicted molar refractivity (Wildman–Crippen MR) is 126 cm³/mol. The van der Waals surface area contributed by atoms with Crippen molar-refractivity contribution in [1.29, 1.82) is 0 Å². The van der Waals surface area contributed by atoms with E-state index in [1.54, 1.807) is 35.2 Å². The second kappa shape index (κ2) is 11.2. The van der Waals surface area contributed by atoms with Crippen molar-refractivity contribution in [3.05, 3.63) is 83.9 Å². The normalized spacial score (nSPS) is 16.7. The number of aliphatic hydroxyl groups is 1. The number of β-amino-alcohol motifs (C(OH)–C–C–N with tert-alkyl or cyclic N) is 1. The summed E-state index contributed by atoms with van der Waals surface area (Å²) in [7, 11) is 0. The van der Waals surface area contributed by atoms with E-state index < -0.39 is 43.6 Å². The molecule has 4 rings (SSSR count). The lowest BCUT2D eigenvalue weighted by Crippen LogP contribution is -2.49. The van der Waals surface area contributed by atoms with Crippen LogP contribution in [0.3, 0.4) is 0 Å². The lowest BCUT2D eigenvalue weighted by Gasteiger charge is -2.45. The summed E-state index contributed by atoms with van der Waals surface area (Å²) in [5.41, 5.74) is 1.52. The summed E-state index contributed by atoms with van der Waals surface area (Å²) in [5.74, 6) is -0.644. The maximum absolute atomic E-state index is 13.4. The zero-order valence-electron chi connectivity index (χ0n) is 20.0. The van der Waals surface area contributed by atoms with Gasteiger partial charge in [0.15, 0.2) is 6.10 Å². The summed E-state index contributed by atoms with van der Waals surface area (Å²) in [6.07, 6.45) is -12.5. The molecule has 2 atom stereocenters. The number of alkyl halides is 8. The highest BCUT2D eigenvalue weighted by Gasteiger charge is 2.42. The predicted octanol–water partition coefficient (Wildman–Crippen LogP) is 6.68. The Hall–Kier alpha value is -3.74. The molecule has 0 saturated carbocycles. The first-order valence-electron chi connectivity index (χ1n) is 11.5. The molecule has 1 aliphatic rings. The lowest BCUT2D eigenvalue weighted by molar-refractivity contribution is -0.274. The van der Waals surface area contributed by atoms with Crippen molar-refractivity contribution in [2.75, 3.05) is 22.9 Å². The van der Waals surface area contributed by atoms with Gasteiger partial charge >= 0.3 is 19.2 Å². The van der Waals surface area contributed by atoms with Gasteiger partial charge in [0.2, 0.25) is 0 Å². The number of hydrogen-bond donors (Lipinski definition) is 1. The smallest absolute Gasteiger partial charge is 0.435 e. The third kappa shape index (κ3) is 7.22. The molecule has 0 bridgehead atoms. The molecule has 0 spiro atoms. The standard InChI is InChI=1S/C26H22F8N2O3/c27-24(28)38-18-7-4-6-17(12-18)22-14-35(13-16-5-3-8-19(11-16)39-26(32,33)34)20-9-1-2-10-21(20)36(22)15-23(37)25(29,30)31/h1-12,22-24,37H,13-15H2/t22?,23-/m1/s1. The fourth-order valence-electron chi connectivity index (χ4n) is 4.46. The van der Waals surface area contributed by atoms with E-state index >= 15 is 0 Å². The van der Waals surface area contributed by atoms with Crippen LogP contribution in [0.15, 0.2) is 72.8 Å². The number of aliphatic hydroxyl groups excluding tert-OH is 1. The molecule has 0 aromatic heterocycles. The van der Waals surface area contributed by atoms with Crippen molar-refractivity contribution in [2.24, 2.45) is 0 Å². The van der Waals surface area contributed by atoms with Gasteiger partial charge in [-0.2, -0.15) is 22.0 Å². The molecule has 13 heteroatoms. The molecule has 1 unspecified atom stereocenters. The quantitative estimate of drug-likeness (QED) is 0.311. The Balaban J connectivity index is 1.74. The number of anilines is 2. The Bertz CT molecular complexity index is 1270. The van der Waals surface area contributed by atoms with E-state index in [9.17, 15) is 40.2 Å². The van der Waals surface area contributed by atoms with Gasteiger partial charge < -0.3 is 24.4 Å². The molecule has 210 valence electrons. The summed E-state index contributed by atoms with van der Waals surface area (Å²) < 4.78 is 112. The number of para-hydroxylation sites is 2. The van der Waals surface area contributed by atoms with E-state index in [1.165, 1.54) is 41.3 Å². The fourth-order valence-corrected chi connectivity index (χ4v) is 4.46. The molecule has 0 aliphatic carbocycles. The van der Waals surface area contributed by atoms with Crippen LogP contribution in [0.1, 0.15) is 17.2 Å². The molecule has 0 saturated heterocycles. The SMILES string of the molecule is O[C@H](CN1c2ccccc2N(Cc2cccc(OC(F)(F)F)c2)CC1c1cccc(OC(F)F)c1)C(F)(F)F. The second-order valence-electron chi connectivity index (χ2n) is 8.74. The van der Waals surface area contributed by atoms with Crippen molar-refractivity contribution >= 4 is 11.4 Å². The van der Waals surface area contributed by atoms with Crippen LogP contribution in [-0.2, 0) is 6.54 Å². The van der Waals surface area contributed by atoms with E-state index in [4.69, 9.17) is 0 Å². The van der Waals surface area contributed by atoms with Gasteiger partial charge in [-0.3, -0.25) is 0 Å². The number of benzene rings is 3. The summed E-state index contributed by atoms with van der Waals surface area (Å²) >= 11 is 0. The van der Waals surface area contributed by atoms with Gasteiger partial charge in [-0.15, -0.1) is 13.2 Å². The van der Waals surface area contributed by atoms with Crippen molar-refractivity contribution in [3.8, 4) is 11.5 Å². The van der Waals surface area contributed by atoms with Crippen LogP contribution in [0.5, 0.6) is 11.5 Å². The van der Waals surface area contributed by atoms with E-state index in [-0.39, 0.29) is 18.8 Å². The first-order chi connectivity index (χ1) is 18.3. The first kappa shape index (κ1) is 28.3. The van der Waals surface area contributed by atoms with Gasteiger partial charge in [0.25, 0.3) is 0 Å². The molecular weight excluding hydrogens is 540 g/mol. The number of halogens is 8. The highest BCUT2D eigenvalue weighted by molar-refractivity contribution is 5.75. The minimum atomic E-state index is -4.92. The molecule has 1 heterocycles. The zero-order valence-corrected chi connectivity index (χ0v) is 20.0. The number of fused-ring (bicyclic) bond motifs is 1. The van der Waals surface area contributed by atoms with Crippen LogP contribution in [0, 0.1) is 0 Å². The molecule has 3 aromatic rings. The Kier molecular flexibility index (Phi) is 8.09. The summed E-state index contributed by atoms with van der Waals surface area (Å²) in [6, 6.07) is 16.3. The summed E-state index contributed by atoms with van der Waals surface area (Å²) in [5, 5.41) is 9.92. The van der Waals surface area contributed by atoms with Gasteiger partial charge in [0, 0.05) is 13.1 Å². The van der Waals surface area contributed by atoms with Crippen LogP contribution < -0.4 is 19.3 Å². The third-order valence-electron chi connectivity index (χ3n) is 6.02. The molecule has 39 heavy (non-hydrogen) atoms. The van der Waals surface area contributed by atoms with Crippen LogP contribution in [0.2, 0.25) is 0 Å². The number of rotatable bonds is 8. The molecule has 0 amide bonds. The Morgan fingerprint density at radius 2 is 1.51 bits per heavy atom. The number of ether oxygens (including phenoxy) is 2. The van der Waals surface area contributed by atoms with E-state index in [0.29, 0.717) is 22.5 Å². The summed E-state index contributed by atoms with van der Waals surface area (Å²) in [4.78, 5) is 3.07. The van der Waals surface area contributed by atoms with Crippen molar-refractivity contribution in [2.45, 2.75) is 37.8 Å². The van der Waals surface area contributed by atoms with E-state index in [2.05, 4.69) is 9.47 Å². The minimum Gasteiger partial charge on any atom is -0.435 e. The molecule has 0 radical (unpaired) electrons. The minimum absolute atomic E-state index is 0.00405. The highest BCUT2D eigenvalue weighted by atomic mass is 19.4. The fraction of sp³-hybridized carbons (Fsp3) is 0.308. The van der Waals surface area contributed by atoms with Gasteiger partial charge in [-0.25, -0.2) is 0 Å². The van der Waals surface area contributed by atoms with E-state index in [0.717, 1.165) is 6.07 Å². The average molecular weight is 562 g/mol. The van der Waals surface area contributed by atoms with Gasteiger partial charge in [0.05, 0.1) is 24.0 Å². The lowest BCUT2D eigenvalue weighted by atomic mass is 9.98. The van der Waals surface area contributed by atoms with Gasteiger partial charge in [-0.05, 0) is 47.5 Å². The van der Waals surface area contributed by atoms with Gasteiger partial charge in [-0.1, -0.05) is 36.4 Å². The van der Waals surface area contributed by atoms with Crippen molar-refractivity contribution < 1.29 is 49.7 Å². The van der Waals surface area contributed by atoms with Crippen LogP contribution in [0.4, 0.5) is 46.5 Å². The third-order valence-corrected chi connectivity index (χ3v) is 6.02. The number of hydrogen-bond acceptors (Lipinski definition) is 5. The summed E-state index contributed by atoms with van der Waals surface area (Å²) in [6.45, 7) is -3.93. The second-order valence-corrected chi connectivity index (χ2v) is 8.74. The van der Waals surface area contributed by atoms with Crippen molar-refractivity contribution in [1.82, 2.24) is 0 Å². The Morgan fingerprint density at radius 1 is 0.846 bits per heavy atom. The Morgan fingerprint density at radius 3 is 2.18 bits per heavy atom. The molecule has 5 nitrogen and oxygen atoms in total.